The van der Waals surface area contributed by atoms with Crippen molar-refractivity contribution in [1.29, 1.82) is 0 Å². The molecule has 5 atom stereocenters. The number of rotatable bonds is 21. The molecule has 1 fully saturated rings. The minimum absolute atomic E-state index is 0.0345. The van der Waals surface area contributed by atoms with E-state index in [2.05, 4.69) is 26.4 Å². The molecule has 3 aromatic carbocycles. The second-order valence-electron chi connectivity index (χ2n) is 16.7. The Morgan fingerprint density at radius 3 is 2.40 bits per heavy atom. The average molecular weight is 870 g/mol. The van der Waals surface area contributed by atoms with Gasteiger partial charge in [-0.3, -0.25) is 20.0 Å². The van der Waals surface area contributed by atoms with E-state index in [0.29, 0.717) is 22.9 Å². The number of methoxy groups -OCH3 is 1. The molecule has 1 aliphatic rings. The molecular weight excluding hydrogens is 810 g/mol. The lowest BCUT2D eigenvalue weighted by Crippen LogP contribution is -2.56. The van der Waals surface area contributed by atoms with Crippen LogP contribution in [0.5, 0.6) is 11.5 Å². The number of hydrazine groups is 1. The van der Waals surface area contributed by atoms with E-state index in [-0.39, 0.29) is 69.3 Å². The molecule has 5 unspecified atom stereocenters. The van der Waals surface area contributed by atoms with E-state index >= 15 is 0 Å². The van der Waals surface area contributed by atoms with Gasteiger partial charge in [0.05, 0.1) is 43.5 Å². The minimum Gasteiger partial charge on any atom is -0.457 e. The van der Waals surface area contributed by atoms with Crippen molar-refractivity contribution < 1.29 is 33.8 Å². The molecule has 5 amide bonds. The molecule has 0 saturated carbocycles. The van der Waals surface area contributed by atoms with Crippen molar-refractivity contribution in [3.63, 3.8) is 0 Å². The largest absolute Gasteiger partial charge is 0.457 e. The van der Waals surface area contributed by atoms with Gasteiger partial charge in [0.1, 0.15) is 11.5 Å². The number of aryl methyl sites for hydroxylation is 1. The fraction of sp³-hybridized carbons (Fsp3) is 0.426. The highest BCUT2D eigenvalue weighted by molar-refractivity contribution is 6.30. The van der Waals surface area contributed by atoms with E-state index in [4.69, 9.17) is 21.1 Å². The number of carbonyl (C=O) groups excluding carboxylic acids is 4. The quantitative estimate of drug-likeness (QED) is 0.0566. The summed E-state index contributed by atoms with van der Waals surface area (Å²) in [6.07, 6.45) is -0.782. The van der Waals surface area contributed by atoms with Gasteiger partial charge in [0, 0.05) is 43.3 Å². The maximum Gasteiger partial charge on any atom is 0.406 e. The fourth-order valence-corrected chi connectivity index (χ4v) is 7.71. The van der Waals surface area contributed by atoms with Crippen molar-refractivity contribution in [2.24, 2.45) is 17.3 Å². The Hall–Kier alpha value is -5.70. The summed E-state index contributed by atoms with van der Waals surface area (Å²) in [6, 6.07) is 28.1. The van der Waals surface area contributed by atoms with Gasteiger partial charge in [-0.05, 0) is 84.3 Å². The zero-order chi connectivity index (χ0) is 44.8. The molecule has 5 rings (SSSR count). The van der Waals surface area contributed by atoms with Crippen LogP contribution in [-0.2, 0) is 33.8 Å². The number of pyridine rings is 1. The molecule has 1 aliphatic heterocycles. The fourth-order valence-electron chi connectivity index (χ4n) is 7.59. The minimum atomic E-state index is -1.18. The number of aliphatic hydroxyl groups excluding tert-OH is 1. The number of halogens is 1. The molecule has 0 aliphatic carbocycles. The summed E-state index contributed by atoms with van der Waals surface area (Å²) in [5.41, 5.74) is 5.57. The van der Waals surface area contributed by atoms with Crippen molar-refractivity contribution in [2.75, 3.05) is 26.7 Å². The molecule has 5 N–H and O–H groups in total. The summed E-state index contributed by atoms with van der Waals surface area (Å²) in [6.45, 7) is 10.4. The number of hydrogen-bond donors (Lipinski definition) is 5. The summed E-state index contributed by atoms with van der Waals surface area (Å²) >= 11 is 6.08. The third-order valence-electron chi connectivity index (χ3n) is 11.0. The van der Waals surface area contributed by atoms with E-state index in [9.17, 15) is 24.3 Å². The van der Waals surface area contributed by atoms with Crippen molar-refractivity contribution in [1.82, 2.24) is 36.3 Å². The number of carbonyl (C=O) groups is 4. The van der Waals surface area contributed by atoms with Crippen LogP contribution in [0, 0.1) is 24.2 Å². The maximum atomic E-state index is 14.7. The van der Waals surface area contributed by atoms with Gasteiger partial charge in [0.2, 0.25) is 11.8 Å². The Morgan fingerprint density at radius 2 is 1.71 bits per heavy atom. The van der Waals surface area contributed by atoms with Crippen LogP contribution in [0.25, 0.3) is 0 Å². The van der Waals surface area contributed by atoms with E-state index in [1.165, 1.54) is 7.11 Å². The first-order valence-electron chi connectivity index (χ1n) is 21.0. The highest BCUT2D eigenvalue weighted by atomic mass is 35.5. The van der Waals surface area contributed by atoms with Crippen LogP contribution < -0.4 is 26.1 Å². The molecule has 332 valence electrons. The summed E-state index contributed by atoms with van der Waals surface area (Å²) in [5, 5.41) is 23.3. The topological polar surface area (TPSA) is 174 Å². The zero-order valence-electron chi connectivity index (χ0n) is 36.4. The Kier molecular flexibility index (Phi) is 17.1. The number of amides is 5. The number of aliphatic hydroxyl groups is 1. The lowest BCUT2D eigenvalue weighted by atomic mass is 9.83. The van der Waals surface area contributed by atoms with Crippen molar-refractivity contribution in [3.05, 3.63) is 125 Å². The van der Waals surface area contributed by atoms with Gasteiger partial charge in [-0.15, -0.1) is 0 Å². The third-order valence-corrected chi connectivity index (χ3v) is 11.3. The number of nitrogens with one attached hydrogen (secondary N) is 4. The van der Waals surface area contributed by atoms with Crippen LogP contribution in [0.1, 0.15) is 63.1 Å². The van der Waals surface area contributed by atoms with E-state index < -0.39 is 35.6 Å². The number of aromatic nitrogens is 1. The third kappa shape index (κ3) is 14.2. The van der Waals surface area contributed by atoms with Crippen LogP contribution in [0.2, 0.25) is 5.02 Å². The second-order valence-corrected chi connectivity index (χ2v) is 17.2. The number of ether oxygens (including phenoxy) is 2. The molecule has 0 spiro atoms. The molecule has 2 heterocycles. The van der Waals surface area contributed by atoms with Crippen molar-refractivity contribution >= 4 is 35.5 Å². The van der Waals surface area contributed by atoms with Crippen LogP contribution in [-0.4, -0.2) is 88.9 Å². The zero-order valence-corrected chi connectivity index (χ0v) is 37.2. The van der Waals surface area contributed by atoms with Crippen LogP contribution in [0.15, 0.2) is 97.1 Å². The monoisotopic (exact) mass is 869 g/mol. The summed E-state index contributed by atoms with van der Waals surface area (Å²) in [4.78, 5) is 59.8. The van der Waals surface area contributed by atoms with Crippen molar-refractivity contribution in [2.45, 2.75) is 85.2 Å². The number of hydrogen-bond acceptors (Lipinski definition) is 9. The normalized spacial score (nSPS) is 15.9. The van der Waals surface area contributed by atoms with Crippen LogP contribution >= 0.6 is 11.6 Å². The van der Waals surface area contributed by atoms with E-state index in [1.807, 2.05) is 107 Å². The van der Waals surface area contributed by atoms with Gasteiger partial charge >= 0.3 is 12.1 Å². The predicted molar refractivity (Wildman–Crippen MR) is 238 cm³/mol. The highest BCUT2D eigenvalue weighted by Gasteiger charge is 2.43. The first-order chi connectivity index (χ1) is 29.6. The molecule has 62 heavy (non-hydrogen) atoms. The standard InChI is InChI=1S/C47H60ClN7O7/c1-7-31(2)43(40-26-49-45(59)55(40)28-36-17-11-13-32(3)51-36)44(58)52-39(24-33-14-9-8-10-15-33)41(56)29-54(53-42(57)25-47(4,5)30-50-46(60)61-6)27-34-16-12-18-38(23-34)62-37-21-19-35(48)20-22-37/h8-23,31,39-41,43,56H,7,24-30H2,1-6H3,(H,49,59)(H,50,60)(H,52,58)(H,53,57). The Morgan fingerprint density at radius 1 is 1.00 bits per heavy atom. The maximum absolute atomic E-state index is 14.7. The first kappa shape index (κ1) is 47.4. The van der Waals surface area contributed by atoms with Gasteiger partial charge in [-0.1, -0.05) is 94.2 Å². The molecule has 1 aromatic heterocycles. The number of nitrogens with zero attached hydrogens (tertiary/aromatic N) is 3. The molecule has 15 heteroatoms. The van der Waals surface area contributed by atoms with Gasteiger partial charge in [-0.2, -0.15) is 0 Å². The lowest BCUT2D eigenvalue weighted by Gasteiger charge is -2.36. The smallest absolute Gasteiger partial charge is 0.406 e. The van der Waals surface area contributed by atoms with E-state index in [0.717, 1.165) is 22.5 Å². The SMILES string of the molecule is CCC(C)C(C(=O)NC(Cc1ccccc1)C(O)CN(Cc1cccc(Oc2ccc(Cl)cc2)c1)NC(=O)CC(C)(C)CNC(=O)OC)C1CNC(=O)N1Cc1cccc(C)n1. The first-order valence-corrected chi connectivity index (χ1v) is 21.4. The number of urea groups is 1. The Labute approximate surface area is 369 Å². The van der Waals surface area contributed by atoms with Crippen molar-refractivity contribution in [3.8, 4) is 11.5 Å². The molecule has 0 radical (unpaired) electrons. The average Bonchev–Trinajstić information content (AvgIpc) is 3.58. The predicted octanol–water partition coefficient (Wildman–Crippen LogP) is 6.79. The molecular formula is C47H60ClN7O7. The van der Waals surface area contributed by atoms with Gasteiger partial charge in [0.25, 0.3) is 0 Å². The summed E-state index contributed by atoms with van der Waals surface area (Å²) in [5.74, 6) is -0.212. The number of benzene rings is 3. The molecule has 0 bridgehead atoms. The lowest BCUT2D eigenvalue weighted by molar-refractivity contribution is -0.132. The molecule has 1 saturated heterocycles. The molecule has 4 aromatic rings. The molecule has 14 nitrogen and oxygen atoms in total. The van der Waals surface area contributed by atoms with Gasteiger partial charge in [0.15, 0.2) is 0 Å². The number of alkyl carbamates (subject to hydrolysis) is 1. The van der Waals surface area contributed by atoms with Crippen LogP contribution in [0.3, 0.4) is 0 Å². The van der Waals surface area contributed by atoms with Crippen LogP contribution in [0.4, 0.5) is 9.59 Å². The van der Waals surface area contributed by atoms with Gasteiger partial charge in [-0.25, -0.2) is 14.6 Å². The summed E-state index contributed by atoms with van der Waals surface area (Å²) in [7, 11) is 1.28. The Balaban J connectivity index is 1.41. The van der Waals surface area contributed by atoms with E-state index in [1.54, 1.807) is 34.2 Å². The highest BCUT2D eigenvalue weighted by Crippen LogP contribution is 2.29. The summed E-state index contributed by atoms with van der Waals surface area (Å²) < 4.78 is 10.8. The van der Waals surface area contributed by atoms with Gasteiger partial charge < -0.3 is 35.4 Å². The second kappa shape index (κ2) is 22.4. The Bertz CT molecular complexity index is 2110.